The van der Waals surface area contributed by atoms with Crippen LogP contribution in [0.15, 0.2) is 283 Å². The topological polar surface area (TPSA) is 19.6 Å². The van der Waals surface area contributed by atoms with Gasteiger partial charge in [-0.2, -0.15) is 0 Å². The van der Waals surface area contributed by atoms with E-state index in [0.29, 0.717) is 0 Å². The van der Waals surface area contributed by atoms with Gasteiger partial charge >= 0.3 is 0 Å². The SMILES string of the molecule is c1ccc(N2c3ccccc3C3(c4ccccc4-c4ccc(N(c5ccc(-c6ccc7oc8ccccc8c7c6)cc5)c5cccc6c5-c5ccccc5C65c6ccccc6-c6ccccc65)cc43)c3ccccc32)cc1. The van der Waals surface area contributed by atoms with Crippen molar-refractivity contribution in [2.45, 2.75) is 10.8 Å². The van der Waals surface area contributed by atoms with Gasteiger partial charge in [0.2, 0.25) is 0 Å². The number of furan rings is 1. The Morgan fingerprint density at radius 1 is 0.299 bits per heavy atom. The average Bonchev–Trinajstić information content (AvgIpc) is 4.31. The van der Waals surface area contributed by atoms with Gasteiger partial charge in [-0.25, -0.2) is 0 Å². The van der Waals surface area contributed by atoms with E-state index in [9.17, 15) is 0 Å². The molecule has 0 saturated carbocycles. The van der Waals surface area contributed by atoms with Crippen LogP contribution in [0, 0.1) is 0 Å². The summed E-state index contributed by atoms with van der Waals surface area (Å²) in [6.07, 6.45) is 0. The predicted octanol–water partition coefficient (Wildman–Crippen LogP) is 19.2. The molecule has 77 heavy (non-hydrogen) atoms. The molecule has 13 aromatic rings. The minimum atomic E-state index is -0.627. The Balaban J connectivity index is 0.926. The zero-order chi connectivity index (χ0) is 50.4. The summed E-state index contributed by atoms with van der Waals surface area (Å²) in [6, 6.07) is 104. The molecule has 0 unspecified atom stereocenters. The maximum atomic E-state index is 6.28. The van der Waals surface area contributed by atoms with Crippen LogP contribution in [0.5, 0.6) is 0 Å². The number of fused-ring (bicyclic) bond motifs is 22. The van der Waals surface area contributed by atoms with E-state index in [-0.39, 0.29) is 0 Å². The van der Waals surface area contributed by atoms with Gasteiger partial charge in [-0.15, -0.1) is 0 Å². The van der Waals surface area contributed by atoms with Crippen LogP contribution < -0.4 is 9.80 Å². The van der Waals surface area contributed by atoms with Crippen LogP contribution >= 0.6 is 0 Å². The summed E-state index contributed by atoms with van der Waals surface area (Å²) in [6.45, 7) is 0. The van der Waals surface area contributed by atoms with Crippen molar-refractivity contribution in [1.29, 1.82) is 0 Å². The summed E-state index contributed by atoms with van der Waals surface area (Å²) in [5, 5.41) is 2.25. The molecule has 2 spiro atoms. The van der Waals surface area contributed by atoms with Crippen LogP contribution in [-0.4, -0.2) is 0 Å². The van der Waals surface area contributed by atoms with Gasteiger partial charge in [0.1, 0.15) is 11.2 Å². The molecular weight excluding hydrogens is 933 g/mol. The fourth-order valence-corrected chi connectivity index (χ4v) is 14.5. The fourth-order valence-electron chi connectivity index (χ4n) is 14.5. The molecule has 17 rings (SSSR count). The highest BCUT2D eigenvalue weighted by Crippen LogP contribution is 2.67. The summed E-state index contributed by atoms with van der Waals surface area (Å²) in [7, 11) is 0. The number of rotatable bonds is 5. The van der Waals surface area contributed by atoms with E-state index in [4.69, 9.17) is 4.42 Å². The smallest absolute Gasteiger partial charge is 0.135 e. The molecule has 0 bridgehead atoms. The number of anilines is 6. The Kier molecular flexibility index (Phi) is 8.69. The highest BCUT2D eigenvalue weighted by molar-refractivity contribution is 6.07. The molecule has 0 atom stereocenters. The van der Waals surface area contributed by atoms with Crippen LogP contribution in [0.4, 0.5) is 34.1 Å². The van der Waals surface area contributed by atoms with Crippen molar-refractivity contribution < 1.29 is 4.42 Å². The highest BCUT2D eigenvalue weighted by atomic mass is 16.3. The number of benzene rings is 12. The van der Waals surface area contributed by atoms with Crippen LogP contribution in [0.2, 0.25) is 0 Å². The molecule has 0 fully saturated rings. The zero-order valence-electron chi connectivity index (χ0n) is 41.9. The van der Waals surface area contributed by atoms with E-state index in [0.717, 1.165) is 55.8 Å². The molecule has 3 heteroatoms. The first-order valence-corrected chi connectivity index (χ1v) is 26.7. The van der Waals surface area contributed by atoms with Crippen LogP contribution in [0.3, 0.4) is 0 Å². The molecule has 1 aromatic heterocycles. The normalized spacial score (nSPS) is 14.2. The van der Waals surface area contributed by atoms with Crippen molar-refractivity contribution in [2.24, 2.45) is 0 Å². The first-order valence-electron chi connectivity index (χ1n) is 26.7. The van der Waals surface area contributed by atoms with Gasteiger partial charge in [-0.3, -0.25) is 0 Å². The maximum Gasteiger partial charge on any atom is 0.135 e. The van der Waals surface area contributed by atoms with E-state index in [1.165, 1.54) is 89.3 Å². The van der Waals surface area contributed by atoms with E-state index >= 15 is 0 Å². The number of hydrogen-bond acceptors (Lipinski definition) is 3. The van der Waals surface area contributed by atoms with Gasteiger partial charge in [-0.05, 0) is 156 Å². The second-order valence-electron chi connectivity index (χ2n) is 21.0. The quantitative estimate of drug-likeness (QED) is 0.171. The molecule has 3 nitrogen and oxygen atoms in total. The second-order valence-corrected chi connectivity index (χ2v) is 21.0. The van der Waals surface area contributed by atoms with Gasteiger partial charge < -0.3 is 14.2 Å². The molecule has 3 aliphatic carbocycles. The minimum Gasteiger partial charge on any atom is -0.456 e. The molecule has 0 radical (unpaired) electrons. The molecule has 4 aliphatic rings. The van der Waals surface area contributed by atoms with E-state index in [1.807, 2.05) is 12.1 Å². The Morgan fingerprint density at radius 3 is 1.44 bits per heavy atom. The lowest BCUT2D eigenvalue weighted by Crippen LogP contribution is -2.36. The number of nitrogens with zero attached hydrogens (tertiary/aromatic N) is 2. The van der Waals surface area contributed by atoms with Crippen molar-refractivity contribution in [2.75, 3.05) is 9.80 Å². The lowest BCUT2D eigenvalue weighted by molar-refractivity contribution is 0.669. The zero-order valence-corrected chi connectivity index (χ0v) is 41.9. The molecule has 12 aromatic carbocycles. The van der Waals surface area contributed by atoms with Gasteiger partial charge in [0.05, 0.1) is 27.9 Å². The lowest BCUT2D eigenvalue weighted by Gasteiger charge is -2.45. The Labute approximate surface area is 446 Å². The Hall–Kier alpha value is -9.96. The van der Waals surface area contributed by atoms with Crippen LogP contribution in [0.1, 0.15) is 44.5 Å². The van der Waals surface area contributed by atoms with Crippen molar-refractivity contribution >= 4 is 56.1 Å². The average molecular weight is 979 g/mol. The number of para-hydroxylation sites is 4. The second kappa shape index (κ2) is 15.8. The van der Waals surface area contributed by atoms with Crippen molar-refractivity contribution in [3.63, 3.8) is 0 Å². The Morgan fingerprint density at radius 2 is 0.779 bits per heavy atom. The van der Waals surface area contributed by atoms with Gasteiger partial charge in [0.25, 0.3) is 0 Å². The molecule has 1 aliphatic heterocycles. The van der Waals surface area contributed by atoms with E-state index < -0.39 is 10.8 Å². The molecule has 0 N–H and O–H groups in total. The highest BCUT2D eigenvalue weighted by Gasteiger charge is 2.54. The third-order valence-electron chi connectivity index (χ3n) is 17.5. The minimum absolute atomic E-state index is 0.496. The van der Waals surface area contributed by atoms with Gasteiger partial charge in [-0.1, -0.05) is 206 Å². The largest absolute Gasteiger partial charge is 0.456 e. The van der Waals surface area contributed by atoms with E-state index in [1.54, 1.807) is 0 Å². The molecule has 0 saturated heterocycles. The third kappa shape index (κ3) is 5.54. The molecular formula is C74H46N2O. The van der Waals surface area contributed by atoms with Gasteiger partial charge in [0.15, 0.2) is 0 Å². The molecule has 358 valence electrons. The third-order valence-corrected chi connectivity index (χ3v) is 17.5. The fraction of sp³-hybridized carbons (Fsp3) is 0.0270. The number of hydrogen-bond donors (Lipinski definition) is 0. The predicted molar refractivity (Wildman–Crippen MR) is 316 cm³/mol. The molecule has 2 heterocycles. The van der Waals surface area contributed by atoms with Crippen molar-refractivity contribution in [1.82, 2.24) is 0 Å². The summed E-state index contributed by atoms with van der Waals surface area (Å²) < 4.78 is 6.28. The molecule has 0 amide bonds. The van der Waals surface area contributed by atoms with Crippen molar-refractivity contribution in [3.8, 4) is 44.5 Å². The first kappa shape index (κ1) is 42.4. The summed E-state index contributed by atoms with van der Waals surface area (Å²) in [4.78, 5) is 5.01. The summed E-state index contributed by atoms with van der Waals surface area (Å²) >= 11 is 0. The summed E-state index contributed by atoms with van der Waals surface area (Å²) in [5.74, 6) is 0. The Bertz CT molecular complexity index is 4510. The van der Waals surface area contributed by atoms with Crippen molar-refractivity contribution in [3.05, 3.63) is 324 Å². The van der Waals surface area contributed by atoms with E-state index in [2.05, 4.69) is 277 Å². The standard InChI is InChI=1S/C74H46N2O/c1-2-19-49(20-3-1)76-67-33-15-13-30-63(67)74(64-31-14-16-34-68(64)76)61-28-11-6-23-54(61)55-43-42-51(46-66(55)74)75(50-40-37-47(38-41-50)48-39-44-71-58(45-48)56-24-8-17-36-70(56)77-71)69-35-18-32-65-72(69)57-25-7-12-29-62(57)73(65)59-26-9-4-21-52(59)53-22-5-10-27-60(53)73/h1-46H. The van der Waals surface area contributed by atoms with Crippen LogP contribution in [0.25, 0.3) is 66.4 Å². The van der Waals surface area contributed by atoms with Gasteiger partial charge in [0, 0.05) is 33.4 Å². The first-order chi connectivity index (χ1) is 38.2. The maximum absolute atomic E-state index is 6.28. The monoisotopic (exact) mass is 978 g/mol. The lowest BCUT2D eigenvalue weighted by atomic mass is 9.64. The summed E-state index contributed by atoms with van der Waals surface area (Å²) in [5.41, 5.74) is 27.8. The van der Waals surface area contributed by atoms with Crippen LogP contribution in [-0.2, 0) is 10.8 Å².